The lowest BCUT2D eigenvalue weighted by Gasteiger charge is -2.04. The summed E-state index contributed by atoms with van der Waals surface area (Å²) in [5, 5.41) is 14.4. The molecule has 0 spiro atoms. The number of amides is 1. The molecule has 2 rings (SSSR count). The van der Waals surface area contributed by atoms with Crippen LogP contribution in [0.1, 0.15) is 48.0 Å². The van der Waals surface area contributed by atoms with Crippen LogP contribution in [0.5, 0.6) is 0 Å². The molecule has 0 atom stereocenters. The van der Waals surface area contributed by atoms with E-state index in [-0.39, 0.29) is 12.3 Å². The molecule has 0 bridgehead atoms. The van der Waals surface area contributed by atoms with Crippen molar-refractivity contribution in [2.75, 3.05) is 6.54 Å². The summed E-state index contributed by atoms with van der Waals surface area (Å²) >= 11 is 1.59. The number of fused-ring (bicyclic) bond motifs is 1. The van der Waals surface area contributed by atoms with Gasteiger partial charge in [-0.3, -0.25) is 9.59 Å². The van der Waals surface area contributed by atoms with Gasteiger partial charge in [0.1, 0.15) is 0 Å². The van der Waals surface area contributed by atoms with Crippen LogP contribution in [0, 0.1) is 6.92 Å². The fourth-order valence-electron chi connectivity index (χ4n) is 2.36. The Hall–Kier alpha value is -1.88. The molecule has 22 heavy (non-hydrogen) atoms. The van der Waals surface area contributed by atoms with E-state index in [2.05, 4.69) is 11.4 Å². The number of nitrogens with one attached hydrogen (secondary N) is 1. The van der Waals surface area contributed by atoms with Crippen molar-refractivity contribution in [3.05, 3.63) is 34.7 Å². The lowest BCUT2D eigenvalue weighted by Crippen LogP contribution is -2.24. The molecule has 1 aromatic carbocycles. The molecule has 0 radical (unpaired) electrons. The quantitative estimate of drug-likeness (QED) is 0.723. The monoisotopic (exact) mass is 319 g/mol. The van der Waals surface area contributed by atoms with E-state index >= 15 is 0 Å². The van der Waals surface area contributed by atoms with Crippen LogP contribution < -0.4 is 5.32 Å². The number of carboxylic acids is 1. The Balaban J connectivity index is 1.76. The second-order valence-corrected chi connectivity index (χ2v) is 6.37. The number of carbonyl (C=O) groups is 2. The van der Waals surface area contributed by atoms with Crippen LogP contribution in [0.3, 0.4) is 0 Å². The second kappa shape index (κ2) is 7.94. The van der Waals surface area contributed by atoms with Gasteiger partial charge >= 0.3 is 5.97 Å². The first kappa shape index (κ1) is 16.5. The van der Waals surface area contributed by atoms with Gasteiger partial charge < -0.3 is 10.4 Å². The van der Waals surface area contributed by atoms with E-state index in [0.29, 0.717) is 13.0 Å². The van der Waals surface area contributed by atoms with Gasteiger partial charge in [0, 0.05) is 28.4 Å². The Morgan fingerprint density at radius 3 is 2.73 bits per heavy atom. The highest BCUT2D eigenvalue weighted by Gasteiger charge is 2.11. The molecular weight excluding hydrogens is 298 g/mol. The molecule has 1 heterocycles. The Morgan fingerprint density at radius 2 is 1.95 bits per heavy atom. The number of unbranched alkanes of at least 4 members (excludes halogenated alkanes) is 3. The van der Waals surface area contributed by atoms with Crippen LogP contribution >= 0.6 is 11.3 Å². The fraction of sp³-hybridized carbons (Fsp3) is 0.412. The summed E-state index contributed by atoms with van der Waals surface area (Å²) in [4.78, 5) is 22.6. The second-order valence-electron chi connectivity index (χ2n) is 5.46. The highest BCUT2D eigenvalue weighted by molar-refractivity contribution is 7.17. The van der Waals surface area contributed by atoms with Gasteiger partial charge in [0.25, 0.3) is 5.91 Å². The van der Waals surface area contributed by atoms with E-state index in [1.165, 1.54) is 5.56 Å². The molecule has 0 unspecified atom stereocenters. The number of aryl methyl sites for hydroxylation is 1. The van der Waals surface area contributed by atoms with Crippen LogP contribution in [-0.4, -0.2) is 23.5 Å². The summed E-state index contributed by atoms with van der Waals surface area (Å²) in [7, 11) is 0. The minimum absolute atomic E-state index is 0.0272. The third-order valence-electron chi connectivity index (χ3n) is 3.58. The predicted molar refractivity (Wildman–Crippen MR) is 89.6 cm³/mol. The molecule has 0 fully saturated rings. The Morgan fingerprint density at radius 1 is 1.18 bits per heavy atom. The number of rotatable bonds is 8. The molecule has 1 aromatic heterocycles. The van der Waals surface area contributed by atoms with Gasteiger partial charge in [-0.1, -0.05) is 25.0 Å². The highest BCUT2D eigenvalue weighted by atomic mass is 32.1. The molecule has 5 heteroatoms. The largest absolute Gasteiger partial charge is 0.481 e. The van der Waals surface area contributed by atoms with Crippen molar-refractivity contribution >= 4 is 33.3 Å². The Bertz CT molecular complexity index is 663. The first-order valence-electron chi connectivity index (χ1n) is 7.56. The van der Waals surface area contributed by atoms with Crippen molar-refractivity contribution < 1.29 is 14.7 Å². The standard InChI is InChI=1S/C17H21NO3S/c1-12-7-8-13-14(11-22-15(13)10-12)17(21)18-9-5-3-2-4-6-16(19)20/h7-8,10-11H,2-6,9H2,1H3,(H,18,21)(H,19,20). The molecule has 0 saturated heterocycles. The minimum atomic E-state index is -0.743. The van der Waals surface area contributed by atoms with Crippen LogP contribution in [0.4, 0.5) is 0 Å². The molecule has 0 aliphatic rings. The van der Waals surface area contributed by atoms with E-state index < -0.39 is 5.97 Å². The molecule has 0 aliphatic carbocycles. The average Bonchev–Trinajstić information content (AvgIpc) is 2.88. The maximum atomic E-state index is 12.2. The highest BCUT2D eigenvalue weighted by Crippen LogP contribution is 2.26. The van der Waals surface area contributed by atoms with Crippen LogP contribution in [0.25, 0.3) is 10.1 Å². The average molecular weight is 319 g/mol. The number of hydrogen-bond acceptors (Lipinski definition) is 3. The van der Waals surface area contributed by atoms with Crippen molar-refractivity contribution in [3.8, 4) is 0 Å². The van der Waals surface area contributed by atoms with E-state index in [1.54, 1.807) is 11.3 Å². The molecular formula is C17H21NO3S. The number of carboxylic acid groups (broad SMARTS) is 1. The fourth-order valence-corrected chi connectivity index (χ4v) is 3.40. The van der Waals surface area contributed by atoms with Gasteiger partial charge in [0.05, 0.1) is 5.56 Å². The zero-order valence-corrected chi connectivity index (χ0v) is 13.5. The van der Waals surface area contributed by atoms with Gasteiger partial charge in [0.2, 0.25) is 0 Å². The Labute approximate surface area is 134 Å². The molecule has 0 saturated carbocycles. The third-order valence-corrected chi connectivity index (χ3v) is 4.52. The van der Waals surface area contributed by atoms with Crippen molar-refractivity contribution in [1.29, 1.82) is 0 Å². The van der Waals surface area contributed by atoms with Gasteiger partial charge in [-0.2, -0.15) is 0 Å². The number of aliphatic carboxylic acids is 1. The maximum absolute atomic E-state index is 12.2. The van der Waals surface area contributed by atoms with Gasteiger partial charge in [0.15, 0.2) is 0 Å². The zero-order chi connectivity index (χ0) is 15.9. The topological polar surface area (TPSA) is 66.4 Å². The molecule has 4 nitrogen and oxygen atoms in total. The number of hydrogen-bond donors (Lipinski definition) is 2. The van der Waals surface area contributed by atoms with E-state index in [4.69, 9.17) is 5.11 Å². The van der Waals surface area contributed by atoms with Crippen molar-refractivity contribution in [1.82, 2.24) is 5.32 Å². The number of thiophene rings is 1. The van der Waals surface area contributed by atoms with Crippen LogP contribution in [0.2, 0.25) is 0 Å². The lowest BCUT2D eigenvalue weighted by atomic mass is 10.1. The Kier molecular flexibility index (Phi) is 5.95. The van der Waals surface area contributed by atoms with Gasteiger partial charge in [-0.15, -0.1) is 11.3 Å². The third kappa shape index (κ3) is 4.56. The van der Waals surface area contributed by atoms with Crippen LogP contribution in [0.15, 0.2) is 23.6 Å². The molecule has 2 N–H and O–H groups in total. The van der Waals surface area contributed by atoms with Gasteiger partial charge in [-0.05, 0) is 31.4 Å². The smallest absolute Gasteiger partial charge is 0.303 e. The van der Waals surface area contributed by atoms with E-state index in [1.807, 2.05) is 24.4 Å². The normalized spacial score (nSPS) is 10.8. The molecule has 2 aromatic rings. The summed E-state index contributed by atoms with van der Waals surface area (Å²) in [6, 6.07) is 6.12. The summed E-state index contributed by atoms with van der Waals surface area (Å²) in [5.74, 6) is -0.770. The van der Waals surface area contributed by atoms with E-state index in [0.717, 1.165) is 34.9 Å². The summed E-state index contributed by atoms with van der Waals surface area (Å²) in [5.41, 5.74) is 1.94. The first-order chi connectivity index (χ1) is 10.6. The van der Waals surface area contributed by atoms with Gasteiger partial charge in [-0.25, -0.2) is 0 Å². The zero-order valence-electron chi connectivity index (χ0n) is 12.7. The van der Waals surface area contributed by atoms with Crippen molar-refractivity contribution in [2.24, 2.45) is 0 Å². The van der Waals surface area contributed by atoms with Crippen LogP contribution in [-0.2, 0) is 4.79 Å². The molecule has 0 aliphatic heterocycles. The molecule has 1 amide bonds. The summed E-state index contributed by atoms with van der Waals surface area (Å²) in [6.07, 6.45) is 3.65. The SMILES string of the molecule is Cc1ccc2c(C(=O)NCCCCCCC(=O)O)csc2c1. The van der Waals surface area contributed by atoms with Crippen molar-refractivity contribution in [2.45, 2.75) is 39.0 Å². The first-order valence-corrected chi connectivity index (χ1v) is 8.44. The number of carbonyl (C=O) groups excluding carboxylic acids is 1. The number of benzene rings is 1. The lowest BCUT2D eigenvalue weighted by molar-refractivity contribution is -0.137. The molecule has 118 valence electrons. The predicted octanol–water partition coefficient (Wildman–Crippen LogP) is 3.97. The van der Waals surface area contributed by atoms with E-state index in [9.17, 15) is 9.59 Å². The summed E-state index contributed by atoms with van der Waals surface area (Å²) in [6.45, 7) is 2.68. The summed E-state index contributed by atoms with van der Waals surface area (Å²) < 4.78 is 1.14. The minimum Gasteiger partial charge on any atom is -0.481 e. The van der Waals surface area contributed by atoms with Crippen molar-refractivity contribution in [3.63, 3.8) is 0 Å². The maximum Gasteiger partial charge on any atom is 0.303 e.